The van der Waals surface area contributed by atoms with Gasteiger partial charge in [0.15, 0.2) is 0 Å². The topological polar surface area (TPSA) is 168 Å². The number of pyridine rings is 3. The van der Waals surface area contributed by atoms with Crippen molar-refractivity contribution >= 4 is 39.1 Å². The average Bonchev–Trinajstić information content (AvgIpc) is 0.886. The summed E-state index contributed by atoms with van der Waals surface area (Å²) < 4.78 is 76.8. The second-order valence-electron chi connectivity index (χ2n) is 23.4. The second-order valence-corrected chi connectivity index (χ2v) is 25.1. The van der Waals surface area contributed by atoms with E-state index >= 15 is 0 Å². The zero-order valence-corrected chi connectivity index (χ0v) is 58.1. The molecule has 0 radical (unpaired) electrons. The smallest absolute Gasteiger partial charge is 0.388 e. The van der Waals surface area contributed by atoms with Crippen molar-refractivity contribution < 1.29 is 40.3 Å². The number of carbonyl (C=O) groups is 2. The lowest BCUT2D eigenvalue weighted by atomic mass is 10.0. The maximum Gasteiger partial charge on any atom is 0.574 e. The van der Waals surface area contributed by atoms with Crippen LogP contribution in [0, 0.1) is 47.5 Å². The number of anilines is 3. The van der Waals surface area contributed by atoms with Gasteiger partial charge in [-0.2, -0.15) is 4.39 Å². The predicted octanol–water partition coefficient (Wildman–Crippen LogP) is 20.4. The number of benzene rings is 9. The summed E-state index contributed by atoms with van der Waals surface area (Å²) in [6.45, 7) is 12.3. The summed E-state index contributed by atoms with van der Waals surface area (Å²) in [5.74, 6) is -0.902. The van der Waals surface area contributed by atoms with E-state index in [1.807, 2.05) is 166 Å². The van der Waals surface area contributed by atoms with Gasteiger partial charge in [0.2, 0.25) is 21.9 Å². The minimum absolute atomic E-state index is 0.122. The number of halogens is 4. The number of nitrogens with zero attached hydrogens (tertiary/aromatic N) is 4. The van der Waals surface area contributed by atoms with Crippen LogP contribution in [-0.4, -0.2) is 74.1 Å². The lowest BCUT2D eigenvalue weighted by Crippen LogP contribution is -2.27. The van der Waals surface area contributed by atoms with Crippen LogP contribution in [0.15, 0.2) is 280 Å². The molecule has 0 saturated carbocycles. The molecule has 0 saturated heterocycles. The number of alkyl halides is 3. The number of hydrogen-bond acceptors (Lipinski definition) is 8. The molecule has 3 aromatic heterocycles. The largest absolute Gasteiger partial charge is 0.574 e. The Balaban J connectivity index is 0.000000169. The van der Waals surface area contributed by atoms with Gasteiger partial charge in [-0.1, -0.05) is 221 Å². The molecule has 13 nitrogen and oxygen atoms in total. The Morgan fingerprint density at radius 2 is 0.740 bits per heavy atom. The van der Waals surface area contributed by atoms with Crippen LogP contribution < -0.4 is 25.4 Å². The van der Waals surface area contributed by atoms with Crippen molar-refractivity contribution in [3.8, 4) is 72.6 Å². The molecule has 0 atom stereocenters. The first kappa shape index (κ1) is 75.6. The van der Waals surface area contributed by atoms with Crippen molar-refractivity contribution in [2.75, 3.05) is 42.8 Å². The number of sulfonamides is 1. The minimum atomic E-state index is -4.71. The Morgan fingerprint density at radius 3 is 1.04 bits per heavy atom. The molecule has 512 valence electrons. The lowest BCUT2D eigenvalue weighted by Gasteiger charge is -2.12. The molecule has 0 bridgehead atoms. The molecule has 12 rings (SSSR count). The summed E-state index contributed by atoms with van der Waals surface area (Å²) in [5.41, 5.74) is 22.3. The van der Waals surface area contributed by atoms with Crippen molar-refractivity contribution in [3.05, 3.63) is 319 Å². The third kappa shape index (κ3) is 26.3. The summed E-state index contributed by atoms with van der Waals surface area (Å²) in [7, 11) is 1.82. The number of urea groups is 2. The summed E-state index contributed by atoms with van der Waals surface area (Å²) in [5, 5.41) is 8.07. The molecule has 18 heteroatoms. The molecule has 0 fully saturated rings. The van der Waals surface area contributed by atoms with Gasteiger partial charge in [0, 0.05) is 80.2 Å². The first-order chi connectivity index (χ1) is 47.7. The van der Waals surface area contributed by atoms with E-state index in [2.05, 4.69) is 140 Å². The van der Waals surface area contributed by atoms with Crippen LogP contribution in [0.4, 0.5) is 44.2 Å². The molecule has 12 aromatic rings. The highest BCUT2D eigenvalue weighted by atomic mass is 32.2. The minimum Gasteiger partial charge on any atom is -0.388 e. The van der Waals surface area contributed by atoms with E-state index in [0.29, 0.717) is 5.69 Å². The molecule has 0 aliphatic carbocycles. The van der Waals surface area contributed by atoms with Crippen molar-refractivity contribution in [2.24, 2.45) is 0 Å². The van der Waals surface area contributed by atoms with Gasteiger partial charge >= 0.3 is 18.4 Å². The fourth-order valence-electron chi connectivity index (χ4n) is 9.62. The van der Waals surface area contributed by atoms with Gasteiger partial charge in [-0.25, -0.2) is 28.0 Å². The van der Waals surface area contributed by atoms with Gasteiger partial charge < -0.3 is 25.6 Å². The van der Waals surface area contributed by atoms with E-state index in [0.717, 1.165) is 67.7 Å². The Bertz CT molecular complexity index is 4680. The lowest BCUT2D eigenvalue weighted by molar-refractivity contribution is -0.276. The number of aromatic nitrogens is 3. The van der Waals surface area contributed by atoms with Gasteiger partial charge in [0.25, 0.3) is 0 Å². The molecule has 0 unspecified atom stereocenters. The van der Waals surface area contributed by atoms with Crippen LogP contribution >= 0.6 is 0 Å². The monoisotopic (exact) mass is 1360 g/mol. The zero-order valence-electron chi connectivity index (χ0n) is 57.3. The van der Waals surface area contributed by atoms with Crippen LogP contribution in [0.1, 0.15) is 33.4 Å². The first-order valence-corrected chi connectivity index (χ1v) is 33.5. The molecule has 3 heterocycles. The third-order valence-electron chi connectivity index (χ3n) is 14.6. The highest BCUT2D eigenvalue weighted by molar-refractivity contribution is 7.92. The molecular weight excluding hydrogens is 1290 g/mol. The van der Waals surface area contributed by atoms with Crippen molar-refractivity contribution in [1.29, 1.82) is 0 Å². The number of amides is 4. The standard InChI is InChI=1S/C16H18N2O.C15H16N2O.C14H15NO2S.C13H10F3NO.C12H10FN.C12H11N/c1-12-5-4-6-14(11-12)13-7-9-15(10-8-13)17-16(19)18(2)3;1-11-4-3-5-13(10-11)12-6-8-14(9-7-12)17-15(18)16-2;1-11-4-3-5-13(10-11)12-6-8-14(9-7-12)15-18(2,16)17;1-9-3-2-4-10(7-9)11-5-6-12(17-8-11)18-13(14,15)16;1-9-3-2-4-10(7-9)11-5-6-12(13)14-8-11;1-10-4-2-5-11(8-10)12-6-3-7-13-9-12/h4-11H,1-3H3,(H,17,19);3-10H,1-2H3,(H2,16,17,18);3-10,15H,1-2H3;2-8H,1H3;2-8H,1H3;2-9H,1H3. The maximum atomic E-state index is 12.6. The van der Waals surface area contributed by atoms with Crippen LogP contribution in [0.25, 0.3) is 66.8 Å². The van der Waals surface area contributed by atoms with E-state index in [1.165, 1.54) is 73.3 Å². The summed E-state index contributed by atoms with van der Waals surface area (Å²) in [6.07, 6.45) is 3.01. The van der Waals surface area contributed by atoms with Crippen molar-refractivity contribution in [2.45, 2.75) is 47.9 Å². The van der Waals surface area contributed by atoms with Crippen molar-refractivity contribution in [3.63, 3.8) is 0 Å². The van der Waals surface area contributed by atoms with Crippen LogP contribution in [-0.2, 0) is 10.0 Å². The number of nitrogens with one attached hydrogen (secondary N) is 4. The Hall–Kier alpha value is -11.8. The molecule has 9 aromatic carbocycles. The first-order valence-electron chi connectivity index (χ1n) is 31.7. The van der Waals surface area contributed by atoms with Gasteiger partial charge in [-0.3, -0.25) is 9.71 Å². The highest BCUT2D eigenvalue weighted by Crippen LogP contribution is 2.28. The maximum absolute atomic E-state index is 12.6. The fraction of sp³-hybridized carbons (Fsp3) is 0.134. The molecule has 4 amide bonds. The van der Waals surface area contributed by atoms with Gasteiger partial charge in [0.1, 0.15) is 0 Å². The molecule has 0 spiro atoms. The van der Waals surface area contributed by atoms with Crippen molar-refractivity contribution in [1.82, 2.24) is 25.2 Å². The molecule has 0 aliphatic heterocycles. The molecule has 100 heavy (non-hydrogen) atoms. The number of carbonyl (C=O) groups excluding carboxylic acids is 2. The quantitative estimate of drug-likeness (QED) is 0.0733. The van der Waals surface area contributed by atoms with Gasteiger partial charge in [-0.05, 0) is 158 Å². The third-order valence-corrected chi connectivity index (χ3v) is 15.2. The van der Waals surface area contributed by atoms with E-state index in [1.54, 1.807) is 57.8 Å². The Morgan fingerprint density at radius 1 is 0.410 bits per heavy atom. The SMILES string of the molecule is CNC(=O)Nc1ccc(-c2cccc(C)c2)cc1.Cc1cccc(-c2ccc(F)nc2)c1.Cc1cccc(-c2ccc(NC(=O)N(C)C)cc2)c1.Cc1cccc(-c2ccc(NS(C)(=O)=O)cc2)c1.Cc1cccc(-c2ccc(OC(F)(F)F)nc2)c1.Cc1cccc(-c2cccnc2)c1. The number of aryl methyl sites for hydroxylation is 6. The molecule has 4 N–H and O–H groups in total. The second kappa shape index (κ2) is 37.1. The van der Waals surface area contributed by atoms with E-state index < -0.39 is 28.2 Å². The number of rotatable bonds is 11. The normalized spacial score (nSPS) is 10.5. The zero-order chi connectivity index (χ0) is 72.2. The van der Waals surface area contributed by atoms with Crippen LogP contribution in [0.2, 0.25) is 0 Å². The number of hydrogen-bond donors (Lipinski definition) is 4. The summed E-state index contributed by atoms with van der Waals surface area (Å²) >= 11 is 0. The molecular formula is C82H80F4N8O5S. The highest BCUT2D eigenvalue weighted by Gasteiger charge is 2.31. The summed E-state index contributed by atoms with van der Waals surface area (Å²) in [4.78, 5) is 35.5. The fourth-order valence-corrected chi connectivity index (χ4v) is 10.2. The predicted molar refractivity (Wildman–Crippen MR) is 399 cm³/mol. The van der Waals surface area contributed by atoms with Crippen LogP contribution in [0.5, 0.6) is 5.88 Å². The van der Waals surface area contributed by atoms with E-state index in [-0.39, 0.29) is 12.1 Å². The average molecular weight is 1370 g/mol. The number of ether oxygens (including phenoxy) is 1. The van der Waals surface area contributed by atoms with E-state index in [4.69, 9.17) is 0 Å². The van der Waals surface area contributed by atoms with Crippen LogP contribution in [0.3, 0.4) is 0 Å². The Kier molecular flexibility index (Phi) is 28.1. The summed E-state index contributed by atoms with van der Waals surface area (Å²) in [6, 6.07) is 81.5. The van der Waals surface area contributed by atoms with Gasteiger partial charge in [0.05, 0.1) is 6.26 Å². The van der Waals surface area contributed by atoms with Gasteiger partial charge in [-0.15, -0.1) is 13.2 Å². The Labute approximate surface area is 583 Å². The molecule has 0 aliphatic rings. The van der Waals surface area contributed by atoms with E-state index in [9.17, 15) is 35.6 Å².